The van der Waals surface area contributed by atoms with Gasteiger partial charge < -0.3 is 10.5 Å². The standard InChI is InChI=1S/C15H20F3NO/c1-20-13-7-3-5-11(9-13)14(19)10-4-2-6-12(8-10)15(16,17)18/h3,5,7,9-10,12,14H,2,4,6,8,19H2,1H3. The Morgan fingerprint density at radius 2 is 2.05 bits per heavy atom. The molecule has 1 saturated carbocycles. The quantitative estimate of drug-likeness (QED) is 0.909. The SMILES string of the molecule is COc1cccc(C(N)C2CCCC(C(F)(F)F)C2)c1. The topological polar surface area (TPSA) is 35.2 Å². The molecule has 20 heavy (non-hydrogen) atoms. The van der Waals surface area contributed by atoms with Crippen LogP contribution < -0.4 is 10.5 Å². The molecule has 0 saturated heterocycles. The summed E-state index contributed by atoms with van der Waals surface area (Å²) in [6.07, 6.45) is -2.41. The van der Waals surface area contributed by atoms with Gasteiger partial charge >= 0.3 is 6.18 Å². The summed E-state index contributed by atoms with van der Waals surface area (Å²) in [6, 6.07) is 6.91. The number of ether oxygens (including phenoxy) is 1. The molecule has 2 rings (SSSR count). The maximum atomic E-state index is 12.8. The number of benzene rings is 1. The van der Waals surface area contributed by atoms with Crippen LogP contribution in [0.3, 0.4) is 0 Å². The maximum Gasteiger partial charge on any atom is 0.391 e. The summed E-state index contributed by atoms with van der Waals surface area (Å²) < 4.78 is 43.6. The Labute approximate surface area is 117 Å². The molecule has 3 unspecified atom stereocenters. The van der Waals surface area contributed by atoms with Crippen LogP contribution >= 0.6 is 0 Å². The highest BCUT2D eigenvalue weighted by Crippen LogP contribution is 2.43. The third kappa shape index (κ3) is 3.45. The summed E-state index contributed by atoms with van der Waals surface area (Å²) in [7, 11) is 1.56. The smallest absolute Gasteiger partial charge is 0.391 e. The Morgan fingerprint density at radius 3 is 2.70 bits per heavy atom. The van der Waals surface area contributed by atoms with Crippen LogP contribution in [0.5, 0.6) is 5.75 Å². The van der Waals surface area contributed by atoms with Gasteiger partial charge in [0.2, 0.25) is 0 Å². The van der Waals surface area contributed by atoms with Crippen molar-refractivity contribution in [2.75, 3.05) is 7.11 Å². The van der Waals surface area contributed by atoms with Gasteiger partial charge in [0.15, 0.2) is 0 Å². The lowest BCUT2D eigenvalue weighted by molar-refractivity contribution is -0.186. The van der Waals surface area contributed by atoms with Gasteiger partial charge in [0.05, 0.1) is 13.0 Å². The van der Waals surface area contributed by atoms with Crippen LogP contribution in [0.4, 0.5) is 13.2 Å². The fourth-order valence-electron chi connectivity index (χ4n) is 2.97. The minimum absolute atomic E-state index is 0.123. The fraction of sp³-hybridized carbons (Fsp3) is 0.600. The summed E-state index contributed by atoms with van der Waals surface area (Å²) in [5.41, 5.74) is 7.02. The lowest BCUT2D eigenvalue weighted by Crippen LogP contribution is -2.33. The highest BCUT2D eigenvalue weighted by molar-refractivity contribution is 5.30. The molecule has 1 aromatic carbocycles. The van der Waals surface area contributed by atoms with Crippen molar-refractivity contribution in [3.63, 3.8) is 0 Å². The van der Waals surface area contributed by atoms with E-state index in [1.54, 1.807) is 13.2 Å². The lowest BCUT2D eigenvalue weighted by atomic mass is 9.76. The molecular formula is C15H20F3NO. The number of methoxy groups -OCH3 is 1. The zero-order chi connectivity index (χ0) is 14.8. The summed E-state index contributed by atoms with van der Waals surface area (Å²) in [4.78, 5) is 0. The van der Waals surface area contributed by atoms with E-state index in [4.69, 9.17) is 10.5 Å². The number of nitrogens with two attached hydrogens (primary N) is 1. The van der Waals surface area contributed by atoms with Gasteiger partial charge in [-0.3, -0.25) is 0 Å². The third-order valence-corrected chi connectivity index (χ3v) is 4.16. The Balaban J connectivity index is 2.10. The molecule has 5 heteroatoms. The predicted octanol–water partition coefficient (Wildman–Crippen LogP) is 4.06. The van der Waals surface area contributed by atoms with Crippen molar-refractivity contribution in [3.05, 3.63) is 29.8 Å². The van der Waals surface area contributed by atoms with Crippen LogP contribution in [0.1, 0.15) is 37.3 Å². The van der Waals surface area contributed by atoms with Gasteiger partial charge in [0.1, 0.15) is 5.75 Å². The lowest BCUT2D eigenvalue weighted by Gasteiger charge is -2.34. The van der Waals surface area contributed by atoms with Crippen molar-refractivity contribution in [2.45, 2.75) is 37.9 Å². The second-order valence-electron chi connectivity index (χ2n) is 5.47. The van der Waals surface area contributed by atoms with E-state index >= 15 is 0 Å². The minimum Gasteiger partial charge on any atom is -0.497 e. The van der Waals surface area contributed by atoms with Gasteiger partial charge in [-0.15, -0.1) is 0 Å². The summed E-state index contributed by atoms with van der Waals surface area (Å²) in [5.74, 6) is -0.651. The summed E-state index contributed by atoms with van der Waals surface area (Å²) in [5, 5.41) is 0. The van der Waals surface area contributed by atoms with E-state index < -0.39 is 12.1 Å². The second kappa shape index (κ2) is 6.04. The average molecular weight is 287 g/mol. The van der Waals surface area contributed by atoms with Crippen molar-refractivity contribution in [1.29, 1.82) is 0 Å². The number of alkyl halides is 3. The molecule has 0 heterocycles. The van der Waals surface area contributed by atoms with E-state index in [9.17, 15) is 13.2 Å². The highest BCUT2D eigenvalue weighted by atomic mass is 19.4. The average Bonchev–Trinajstić information content (AvgIpc) is 2.46. The van der Waals surface area contributed by atoms with Crippen LogP contribution in [-0.2, 0) is 0 Å². The molecule has 1 fully saturated rings. The molecule has 0 aliphatic heterocycles. The van der Waals surface area contributed by atoms with Gasteiger partial charge in [-0.1, -0.05) is 18.6 Å². The van der Waals surface area contributed by atoms with E-state index in [1.165, 1.54) is 0 Å². The first-order chi connectivity index (χ1) is 9.41. The molecule has 0 bridgehead atoms. The van der Waals surface area contributed by atoms with Gasteiger partial charge in [-0.25, -0.2) is 0 Å². The van der Waals surface area contributed by atoms with Crippen LogP contribution in [0.15, 0.2) is 24.3 Å². The van der Waals surface area contributed by atoms with E-state index in [1.807, 2.05) is 18.2 Å². The normalized spacial score (nSPS) is 25.2. The molecule has 1 aromatic rings. The molecule has 3 atom stereocenters. The molecule has 0 radical (unpaired) electrons. The molecule has 0 amide bonds. The van der Waals surface area contributed by atoms with Crippen LogP contribution in [0.2, 0.25) is 0 Å². The second-order valence-corrected chi connectivity index (χ2v) is 5.47. The zero-order valence-corrected chi connectivity index (χ0v) is 11.5. The first-order valence-electron chi connectivity index (χ1n) is 6.88. The highest BCUT2D eigenvalue weighted by Gasteiger charge is 2.43. The van der Waals surface area contributed by atoms with Crippen molar-refractivity contribution in [3.8, 4) is 5.75 Å². The summed E-state index contributed by atoms with van der Waals surface area (Å²) in [6.45, 7) is 0. The Bertz CT molecular complexity index is 447. The molecule has 0 spiro atoms. The molecule has 112 valence electrons. The molecule has 0 aromatic heterocycles. The molecule has 2 nitrogen and oxygen atoms in total. The third-order valence-electron chi connectivity index (χ3n) is 4.16. The van der Waals surface area contributed by atoms with E-state index in [0.29, 0.717) is 12.2 Å². The van der Waals surface area contributed by atoms with Crippen LogP contribution in [0, 0.1) is 11.8 Å². The van der Waals surface area contributed by atoms with E-state index in [-0.39, 0.29) is 24.8 Å². The number of hydrogen-bond acceptors (Lipinski definition) is 2. The summed E-state index contributed by atoms with van der Waals surface area (Å²) >= 11 is 0. The van der Waals surface area contributed by atoms with Crippen LogP contribution in [0.25, 0.3) is 0 Å². The predicted molar refractivity (Wildman–Crippen MR) is 71.4 cm³/mol. The van der Waals surface area contributed by atoms with Gasteiger partial charge in [0.25, 0.3) is 0 Å². The molecular weight excluding hydrogens is 267 g/mol. The Morgan fingerprint density at radius 1 is 1.30 bits per heavy atom. The monoisotopic (exact) mass is 287 g/mol. The first-order valence-corrected chi connectivity index (χ1v) is 6.88. The number of halogens is 3. The fourth-order valence-corrected chi connectivity index (χ4v) is 2.97. The zero-order valence-electron chi connectivity index (χ0n) is 11.5. The Kier molecular flexibility index (Phi) is 4.58. The van der Waals surface area contributed by atoms with Crippen molar-refractivity contribution >= 4 is 0 Å². The van der Waals surface area contributed by atoms with Gasteiger partial charge in [0, 0.05) is 6.04 Å². The number of rotatable bonds is 3. The molecule has 1 aliphatic carbocycles. The van der Waals surface area contributed by atoms with Crippen molar-refractivity contribution < 1.29 is 17.9 Å². The number of hydrogen-bond donors (Lipinski definition) is 1. The van der Waals surface area contributed by atoms with E-state index in [2.05, 4.69) is 0 Å². The molecule has 2 N–H and O–H groups in total. The maximum absolute atomic E-state index is 12.8. The first kappa shape index (κ1) is 15.2. The molecule has 1 aliphatic rings. The van der Waals surface area contributed by atoms with Crippen LogP contribution in [-0.4, -0.2) is 13.3 Å². The van der Waals surface area contributed by atoms with Gasteiger partial charge in [-0.05, 0) is 42.9 Å². The van der Waals surface area contributed by atoms with E-state index in [0.717, 1.165) is 12.0 Å². The van der Waals surface area contributed by atoms with Crippen molar-refractivity contribution in [1.82, 2.24) is 0 Å². The van der Waals surface area contributed by atoms with Crippen molar-refractivity contribution in [2.24, 2.45) is 17.6 Å². The minimum atomic E-state index is -4.10. The Hall–Kier alpha value is -1.23. The largest absolute Gasteiger partial charge is 0.497 e. The van der Waals surface area contributed by atoms with Gasteiger partial charge in [-0.2, -0.15) is 13.2 Å².